The van der Waals surface area contributed by atoms with Gasteiger partial charge in [-0.1, -0.05) is 24.4 Å². The van der Waals surface area contributed by atoms with Crippen molar-refractivity contribution >= 4 is 17.6 Å². The normalized spacial score (nSPS) is 11.2. The fraction of sp³-hybridized carbons (Fsp3) is 0.125. The summed E-state index contributed by atoms with van der Waals surface area (Å²) in [6.45, 7) is 0. The first-order valence-corrected chi connectivity index (χ1v) is 3.50. The lowest BCUT2D eigenvalue weighted by Crippen LogP contribution is -2.04. The van der Waals surface area contributed by atoms with Crippen molar-refractivity contribution in [2.45, 2.75) is 6.18 Å². The molecule has 1 rings (SSSR count). The van der Waals surface area contributed by atoms with Gasteiger partial charge in [0.25, 0.3) is 0 Å². The Morgan fingerprint density at radius 1 is 1.25 bits per heavy atom. The highest BCUT2D eigenvalue weighted by molar-refractivity contribution is 7.79. The maximum absolute atomic E-state index is 12.0. The van der Waals surface area contributed by atoms with Crippen molar-refractivity contribution in [3.63, 3.8) is 0 Å². The first-order valence-electron chi connectivity index (χ1n) is 3.09. The summed E-state index contributed by atoms with van der Waals surface area (Å²) in [4.78, 5) is 0. The lowest BCUT2D eigenvalue weighted by molar-refractivity contribution is -0.137. The zero-order chi connectivity index (χ0) is 9.19. The summed E-state index contributed by atoms with van der Waals surface area (Å²) in [5.41, 5.74) is -0.419. The number of halogens is 3. The van der Waals surface area contributed by atoms with Crippen LogP contribution in [0, 0.1) is 0 Å². The predicted octanol–water partition coefficient (Wildman–Crippen LogP) is 2.93. The van der Waals surface area contributed by atoms with Crippen molar-refractivity contribution in [1.82, 2.24) is 0 Å². The Bertz CT molecular complexity index is 291. The van der Waals surface area contributed by atoms with E-state index in [0.717, 1.165) is 12.1 Å². The Morgan fingerprint density at radius 2 is 1.92 bits per heavy atom. The third kappa shape index (κ3) is 2.04. The van der Waals surface area contributed by atoms with E-state index in [1.165, 1.54) is 12.1 Å². The minimum atomic E-state index is -4.30. The van der Waals surface area contributed by atoms with E-state index >= 15 is 0 Å². The molecule has 12 heavy (non-hydrogen) atoms. The van der Waals surface area contributed by atoms with E-state index in [-0.39, 0.29) is 5.56 Å². The van der Waals surface area contributed by atoms with Gasteiger partial charge in [-0.15, -0.1) is 0 Å². The van der Waals surface area contributed by atoms with Gasteiger partial charge >= 0.3 is 6.18 Å². The fourth-order valence-corrected chi connectivity index (χ4v) is 0.886. The number of thiocarbonyl (C=S) groups is 1. The molecule has 0 amide bonds. The van der Waals surface area contributed by atoms with Gasteiger partial charge in [0, 0.05) is 0 Å². The highest BCUT2D eigenvalue weighted by Crippen LogP contribution is 2.29. The summed E-state index contributed by atoms with van der Waals surface area (Å²) >= 11 is 4.38. The van der Waals surface area contributed by atoms with Crippen LogP contribution in [0.5, 0.6) is 0 Å². The molecule has 1 radical (unpaired) electrons. The molecular weight excluding hydrogens is 185 g/mol. The molecule has 0 spiro atoms. The molecule has 1 aromatic rings. The third-order valence-corrected chi connectivity index (χ3v) is 1.54. The van der Waals surface area contributed by atoms with Gasteiger partial charge in [-0.25, -0.2) is 0 Å². The number of hydrogen-bond donors (Lipinski definition) is 0. The topological polar surface area (TPSA) is 0 Å². The predicted molar refractivity (Wildman–Crippen MR) is 43.1 cm³/mol. The van der Waals surface area contributed by atoms with E-state index in [1.807, 2.05) is 0 Å². The molecule has 0 aliphatic heterocycles. The van der Waals surface area contributed by atoms with Gasteiger partial charge in [0.15, 0.2) is 0 Å². The summed E-state index contributed by atoms with van der Waals surface area (Å²) in [5.74, 6) is 0. The molecule has 4 heteroatoms. The highest BCUT2D eigenvalue weighted by atomic mass is 32.1. The molecule has 0 heterocycles. The molecule has 0 saturated carbocycles. The lowest BCUT2D eigenvalue weighted by Gasteiger charge is -2.05. The molecule has 0 saturated heterocycles. The Balaban J connectivity index is 3.10. The van der Waals surface area contributed by atoms with E-state index in [0.29, 0.717) is 0 Å². The van der Waals surface area contributed by atoms with E-state index in [9.17, 15) is 13.2 Å². The molecule has 1 aromatic carbocycles. The fourth-order valence-electron chi connectivity index (χ4n) is 0.759. The Labute approximate surface area is 73.0 Å². The molecule has 0 aliphatic carbocycles. The second kappa shape index (κ2) is 3.23. The number of hydrogen-bond acceptors (Lipinski definition) is 1. The van der Waals surface area contributed by atoms with Crippen molar-refractivity contribution in [3.8, 4) is 0 Å². The van der Waals surface area contributed by atoms with Crippen molar-refractivity contribution in [2.75, 3.05) is 0 Å². The van der Waals surface area contributed by atoms with Gasteiger partial charge in [0.2, 0.25) is 0 Å². The molecule has 0 fully saturated rings. The molecule has 0 aromatic heterocycles. The smallest absolute Gasteiger partial charge is 0.166 e. The van der Waals surface area contributed by atoms with Crippen molar-refractivity contribution in [1.29, 1.82) is 0 Å². The van der Waals surface area contributed by atoms with Crippen LogP contribution in [-0.4, -0.2) is 5.37 Å². The summed E-state index contributed by atoms with van der Waals surface area (Å²) in [7, 11) is 0. The average Bonchev–Trinajstić information content (AvgIpc) is 2.03. The van der Waals surface area contributed by atoms with Gasteiger partial charge < -0.3 is 0 Å². The van der Waals surface area contributed by atoms with E-state index < -0.39 is 11.7 Å². The summed E-state index contributed by atoms with van der Waals surface area (Å²) < 4.78 is 36.1. The van der Waals surface area contributed by atoms with Crippen LogP contribution in [0.1, 0.15) is 11.1 Å². The molecule has 63 valence electrons. The summed E-state index contributed by atoms with van der Waals surface area (Å²) in [6, 6.07) is 4.74. The number of rotatable bonds is 1. The average molecular weight is 189 g/mol. The maximum atomic E-state index is 12.0. The van der Waals surface area contributed by atoms with E-state index in [1.54, 1.807) is 0 Å². The third-order valence-electron chi connectivity index (χ3n) is 1.31. The molecule has 0 N–H and O–H groups in total. The van der Waals surface area contributed by atoms with Gasteiger partial charge in [0.1, 0.15) is 0 Å². The molecule has 0 bridgehead atoms. The monoisotopic (exact) mass is 189 g/mol. The zero-order valence-corrected chi connectivity index (χ0v) is 6.67. The standard InChI is InChI=1S/C8H4F3S/c9-8(10,11)7-3-1-2-6(4-7)5-12/h1-4H. The van der Waals surface area contributed by atoms with Crippen molar-refractivity contribution in [2.24, 2.45) is 0 Å². The minimum absolute atomic E-state index is 0.278. The maximum Gasteiger partial charge on any atom is 0.416 e. The summed E-state index contributed by atoms with van der Waals surface area (Å²) in [5, 5.41) is 2.22. The largest absolute Gasteiger partial charge is 0.416 e. The van der Waals surface area contributed by atoms with Crippen LogP contribution in [0.3, 0.4) is 0 Å². The number of alkyl halides is 3. The summed E-state index contributed by atoms with van der Waals surface area (Å²) in [6.07, 6.45) is -4.30. The van der Waals surface area contributed by atoms with Crippen molar-refractivity contribution < 1.29 is 13.2 Å². The molecule has 0 nitrogen and oxygen atoms in total. The Hall–Kier alpha value is -0.900. The zero-order valence-electron chi connectivity index (χ0n) is 5.85. The minimum Gasteiger partial charge on any atom is -0.166 e. The molecule has 0 aliphatic rings. The second-order valence-corrected chi connectivity index (χ2v) is 2.38. The van der Waals surface area contributed by atoms with Crippen LogP contribution in [0.4, 0.5) is 13.2 Å². The van der Waals surface area contributed by atoms with Gasteiger partial charge in [-0.2, -0.15) is 13.2 Å². The van der Waals surface area contributed by atoms with Gasteiger partial charge in [0.05, 0.1) is 10.9 Å². The van der Waals surface area contributed by atoms with Gasteiger partial charge in [-0.3, -0.25) is 0 Å². The molecule has 0 atom stereocenters. The number of benzene rings is 1. The van der Waals surface area contributed by atoms with Crippen LogP contribution >= 0.6 is 12.2 Å². The van der Waals surface area contributed by atoms with E-state index in [4.69, 9.17) is 0 Å². The Kier molecular flexibility index (Phi) is 2.47. The van der Waals surface area contributed by atoms with Crippen LogP contribution in [0.15, 0.2) is 24.3 Å². The quantitative estimate of drug-likeness (QED) is 0.612. The Morgan fingerprint density at radius 3 is 2.42 bits per heavy atom. The molecular formula is C8H4F3S. The lowest BCUT2D eigenvalue weighted by atomic mass is 10.1. The van der Waals surface area contributed by atoms with Crippen LogP contribution in [-0.2, 0) is 6.18 Å². The van der Waals surface area contributed by atoms with Crippen LogP contribution in [0.25, 0.3) is 0 Å². The van der Waals surface area contributed by atoms with Gasteiger partial charge in [-0.05, 0) is 17.7 Å². The SMILES string of the molecule is FC(F)(F)c1cccc([C]=S)c1. The van der Waals surface area contributed by atoms with Crippen LogP contribution < -0.4 is 0 Å². The van der Waals surface area contributed by atoms with E-state index in [2.05, 4.69) is 17.6 Å². The first-order chi connectivity index (χ1) is 5.54. The van der Waals surface area contributed by atoms with Crippen LogP contribution in [0.2, 0.25) is 0 Å². The first kappa shape index (κ1) is 9.19. The molecule has 0 unspecified atom stereocenters. The second-order valence-electron chi connectivity index (χ2n) is 2.18. The van der Waals surface area contributed by atoms with Crippen molar-refractivity contribution in [3.05, 3.63) is 35.4 Å². The highest BCUT2D eigenvalue weighted by Gasteiger charge is 2.30.